The van der Waals surface area contributed by atoms with E-state index in [0.717, 1.165) is 31.5 Å². The largest absolute Gasteiger partial charge is 0.347 e. The lowest BCUT2D eigenvalue weighted by Gasteiger charge is -2.54. The highest BCUT2D eigenvalue weighted by atomic mass is 16.2. The average Bonchev–Trinajstić information content (AvgIpc) is 3.20. The molecule has 1 aromatic heterocycles. The number of nitrogens with zero attached hydrogens (tertiary/aromatic N) is 3. The van der Waals surface area contributed by atoms with Gasteiger partial charge in [0.05, 0.1) is 6.04 Å². The minimum atomic E-state index is 0.350. The van der Waals surface area contributed by atoms with Crippen LogP contribution in [0.2, 0.25) is 0 Å². The third-order valence-corrected chi connectivity index (χ3v) is 8.22. The molecule has 4 atom stereocenters. The van der Waals surface area contributed by atoms with Gasteiger partial charge in [-0.3, -0.25) is 9.69 Å². The Kier molecular flexibility index (Phi) is 4.71. The Morgan fingerprint density at radius 3 is 2.97 bits per heavy atom. The van der Waals surface area contributed by atoms with Gasteiger partial charge in [0.15, 0.2) is 0 Å². The first-order chi connectivity index (χ1) is 14.8. The monoisotopic (exact) mass is 403 g/mol. The van der Waals surface area contributed by atoms with Crippen molar-refractivity contribution < 1.29 is 4.79 Å². The summed E-state index contributed by atoms with van der Waals surface area (Å²) in [6.07, 6.45) is 13.1. The van der Waals surface area contributed by atoms with Crippen LogP contribution in [0.1, 0.15) is 44.9 Å². The summed E-state index contributed by atoms with van der Waals surface area (Å²) < 4.78 is 2.24. The third kappa shape index (κ3) is 3.11. The maximum Gasteiger partial charge on any atom is 0.224 e. The molecule has 6 rings (SSSR count). The van der Waals surface area contributed by atoms with Crippen molar-refractivity contribution in [3.63, 3.8) is 0 Å². The first kappa shape index (κ1) is 18.7. The predicted octanol–water partition coefficient (Wildman–Crippen LogP) is 4.45. The van der Waals surface area contributed by atoms with E-state index in [4.69, 9.17) is 0 Å². The number of para-hydroxylation sites is 1. The number of carbonyl (C=O) groups excluding carboxylic acids is 1. The Morgan fingerprint density at radius 1 is 1.07 bits per heavy atom. The van der Waals surface area contributed by atoms with Crippen LogP contribution in [-0.2, 0) is 11.3 Å². The highest BCUT2D eigenvalue weighted by Crippen LogP contribution is 2.45. The number of aryl methyl sites for hydroxylation is 1. The van der Waals surface area contributed by atoms with Crippen LogP contribution < -0.4 is 0 Å². The molecule has 0 N–H and O–H groups in total. The molecule has 3 fully saturated rings. The van der Waals surface area contributed by atoms with Gasteiger partial charge in [0, 0.05) is 43.8 Å². The van der Waals surface area contributed by atoms with Gasteiger partial charge >= 0.3 is 0 Å². The molecule has 158 valence electrons. The zero-order valence-corrected chi connectivity index (χ0v) is 17.9. The summed E-state index contributed by atoms with van der Waals surface area (Å²) in [5.41, 5.74) is 2.82. The summed E-state index contributed by atoms with van der Waals surface area (Å²) in [5, 5.41) is 1.25. The number of amides is 1. The maximum atomic E-state index is 13.4. The van der Waals surface area contributed by atoms with Gasteiger partial charge in [0.1, 0.15) is 0 Å². The lowest BCUT2D eigenvalue weighted by atomic mass is 9.68. The van der Waals surface area contributed by atoms with Crippen LogP contribution in [0.25, 0.3) is 10.9 Å². The Labute approximate surface area is 179 Å². The number of carbonyl (C=O) groups is 1. The molecule has 3 saturated heterocycles. The van der Waals surface area contributed by atoms with Crippen LogP contribution in [0.4, 0.5) is 0 Å². The highest BCUT2D eigenvalue weighted by molar-refractivity contribution is 5.81. The molecule has 0 unspecified atom stereocenters. The number of hydrogen-bond acceptors (Lipinski definition) is 2. The second-order valence-corrected chi connectivity index (χ2v) is 9.91. The summed E-state index contributed by atoms with van der Waals surface area (Å²) in [5.74, 6) is 1.72. The van der Waals surface area contributed by atoms with Gasteiger partial charge in [-0.05, 0) is 68.0 Å². The molecule has 0 radical (unpaired) electrons. The van der Waals surface area contributed by atoms with Gasteiger partial charge in [0.2, 0.25) is 5.91 Å². The lowest BCUT2D eigenvalue weighted by Crippen LogP contribution is -2.60. The molecule has 0 spiro atoms. The number of hydrogen-bond donors (Lipinski definition) is 0. The number of aromatic nitrogens is 1. The zero-order valence-electron chi connectivity index (χ0n) is 17.9. The molecule has 2 aromatic rings. The molecule has 0 saturated carbocycles. The third-order valence-electron chi connectivity index (χ3n) is 8.22. The second kappa shape index (κ2) is 7.56. The molecule has 3 aliphatic heterocycles. The number of fused-ring (bicyclic) bond motifs is 7. The van der Waals surface area contributed by atoms with Crippen molar-refractivity contribution in [2.75, 3.05) is 19.6 Å². The minimum Gasteiger partial charge on any atom is -0.347 e. The highest BCUT2D eigenvalue weighted by Gasteiger charge is 2.46. The Bertz CT molecular complexity index is 976. The van der Waals surface area contributed by atoms with Crippen molar-refractivity contribution in [2.24, 2.45) is 11.8 Å². The molecule has 30 heavy (non-hydrogen) atoms. The first-order valence-electron chi connectivity index (χ1n) is 12.1. The quantitative estimate of drug-likeness (QED) is 0.708. The number of likely N-dealkylation sites (tertiary alicyclic amines) is 1. The smallest absolute Gasteiger partial charge is 0.224 e. The molecule has 4 heteroatoms. The van der Waals surface area contributed by atoms with E-state index in [1.807, 2.05) is 0 Å². The van der Waals surface area contributed by atoms with Gasteiger partial charge in [-0.1, -0.05) is 36.3 Å². The fraction of sp³-hybridized carbons (Fsp3) is 0.577. The zero-order chi connectivity index (χ0) is 20.1. The van der Waals surface area contributed by atoms with E-state index in [0.29, 0.717) is 24.3 Å². The van der Waals surface area contributed by atoms with Crippen molar-refractivity contribution in [1.82, 2.24) is 14.4 Å². The molecule has 4 heterocycles. The van der Waals surface area contributed by atoms with E-state index >= 15 is 0 Å². The Balaban J connectivity index is 1.20. The second-order valence-electron chi connectivity index (χ2n) is 9.91. The van der Waals surface area contributed by atoms with E-state index in [1.54, 1.807) is 5.57 Å². The van der Waals surface area contributed by atoms with Crippen LogP contribution >= 0.6 is 0 Å². The van der Waals surface area contributed by atoms with E-state index in [1.165, 1.54) is 56.1 Å². The van der Waals surface area contributed by atoms with Crippen molar-refractivity contribution in [3.8, 4) is 0 Å². The number of piperidine rings is 3. The van der Waals surface area contributed by atoms with Gasteiger partial charge < -0.3 is 9.47 Å². The van der Waals surface area contributed by atoms with E-state index in [2.05, 4.69) is 57.0 Å². The van der Waals surface area contributed by atoms with Crippen LogP contribution in [0.5, 0.6) is 0 Å². The van der Waals surface area contributed by atoms with Crippen molar-refractivity contribution in [3.05, 3.63) is 48.2 Å². The minimum absolute atomic E-state index is 0.350. The van der Waals surface area contributed by atoms with Crippen LogP contribution in [0, 0.1) is 11.8 Å². The molecule has 4 nitrogen and oxygen atoms in total. The summed E-state index contributed by atoms with van der Waals surface area (Å²) >= 11 is 0. The molecular formula is C26H33N3O. The maximum absolute atomic E-state index is 13.4. The Hall–Kier alpha value is -2.07. The molecule has 1 amide bonds. The topological polar surface area (TPSA) is 28.5 Å². The van der Waals surface area contributed by atoms with Crippen LogP contribution in [-0.4, -0.2) is 52.0 Å². The average molecular weight is 404 g/mol. The summed E-state index contributed by atoms with van der Waals surface area (Å²) in [6, 6.07) is 11.7. The molecule has 1 aromatic carbocycles. The molecular weight excluding hydrogens is 370 g/mol. The van der Waals surface area contributed by atoms with E-state index in [9.17, 15) is 4.79 Å². The molecule has 1 aliphatic carbocycles. The van der Waals surface area contributed by atoms with Crippen molar-refractivity contribution in [1.29, 1.82) is 0 Å². The molecule has 4 aliphatic rings. The number of benzene rings is 1. The lowest BCUT2D eigenvalue weighted by molar-refractivity contribution is -0.136. The Morgan fingerprint density at radius 2 is 2.00 bits per heavy atom. The van der Waals surface area contributed by atoms with Gasteiger partial charge in [-0.15, -0.1) is 0 Å². The van der Waals surface area contributed by atoms with Crippen LogP contribution in [0.15, 0.2) is 48.2 Å². The fourth-order valence-electron chi connectivity index (χ4n) is 6.95. The van der Waals surface area contributed by atoms with Crippen molar-refractivity contribution in [2.45, 2.75) is 63.6 Å². The summed E-state index contributed by atoms with van der Waals surface area (Å²) in [6.45, 7) is 4.19. The summed E-state index contributed by atoms with van der Waals surface area (Å²) in [4.78, 5) is 18.4. The van der Waals surface area contributed by atoms with Gasteiger partial charge in [-0.25, -0.2) is 0 Å². The number of rotatable bonds is 3. The fourth-order valence-corrected chi connectivity index (χ4v) is 6.95. The molecule has 2 bridgehead atoms. The van der Waals surface area contributed by atoms with Crippen molar-refractivity contribution >= 4 is 16.8 Å². The normalized spacial score (nSPS) is 31.2. The standard InChI is InChI=1S/C26H33N3O/c30-25(11-15-27-14-10-19-6-1-2-8-23(19)27)29-13-5-7-20-16-21-17-22(26(20)29)18-28-12-4-3-9-24(21)28/h1-2,6,8,10,14,16,21-22,24,26H,3-5,7,9,11-13,15,17-18H2/t21-,22+,24-,26-/m0/s1. The van der Waals surface area contributed by atoms with Gasteiger partial charge in [-0.2, -0.15) is 0 Å². The van der Waals surface area contributed by atoms with E-state index in [-0.39, 0.29) is 0 Å². The van der Waals surface area contributed by atoms with Crippen LogP contribution in [0.3, 0.4) is 0 Å². The van der Waals surface area contributed by atoms with E-state index < -0.39 is 0 Å². The summed E-state index contributed by atoms with van der Waals surface area (Å²) in [7, 11) is 0. The first-order valence-corrected chi connectivity index (χ1v) is 12.1. The predicted molar refractivity (Wildman–Crippen MR) is 120 cm³/mol. The van der Waals surface area contributed by atoms with Gasteiger partial charge in [0.25, 0.3) is 0 Å². The SMILES string of the molecule is O=C(CCn1ccc2ccccc21)N1CCCC2=C[C@H]3C[C@H](CN4CCCC[C@@H]34)[C@H]21.